The van der Waals surface area contributed by atoms with Crippen LogP contribution in [0.25, 0.3) is 0 Å². The summed E-state index contributed by atoms with van der Waals surface area (Å²) in [5, 5.41) is 0. The van der Waals surface area contributed by atoms with Crippen molar-refractivity contribution in [3.05, 3.63) is 69.7 Å². The van der Waals surface area contributed by atoms with E-state index in [-0.39, 0.29) is 6.61 Å². The molecule has 0 amide bonds. The largest absolute Gasteiger partial charge is 0.457 e. The fourth-order valence-corrected chi connectivity index (χ4v) is 2.09. The number of hydrogen-bond donors (Lipinski definition) is 0. The van der Waals surface area contributed by atoms with Crippen LogP contribution in [-0.2, 0) is 17.5 Å². The van der Waals surface area contributed by atoms with Crippen molar-refractivity contribution in [2.24, 2.45) is 0 Å². The van der Waals surface area contributed by atoms with E-state index in [0.29, 0.717) is 10.0 Å². The Morgan fingerprint density at radius 2 is 1.76 bits per heavy atom. The van der Waals surface area contributed by atoms with Gasteiger partial charge in [0.05, 0.1) is 11.1 Å². The number of carbonyl (C=O) groups is 1. The van der Waals surface area contributed by atoms with E-state index in [1.54, 1.807) is 30.3 Å². The van der Waals surface area contributed by atoms with Gasteiger partial charge in [0.1, 0.15) is 6.61 Å². The first-order valence-corrected chi connectivity index (χ1v) is 6.75. The quantitative estimate of drug-likeness (QED) is 0.735. The molecule has 0 unspecified atom stereocenters. The molecule has 0 saturated heterocycles. The van der Waals surface area contributed by atoms with Crippen LogP contribution in [0.5, 0.6) is 0 Å². The van der Waals surface area contributed by atoms with Crippen LogP contribution >= 0.6 is 15.9 Å². The van der Waals surface area contributed by atoms with Gasteiger partial charge in [0.25, 0.3) is 0 Å². The van der Waals surface area contributed by atoms with Crippen molar-refractivity contribution in [3.8, 4) is 0 Å². The molecule has 0 saturated carbocycles. The zero-order chi connectivity index (χ0) is 15.5. The molecule has 0 bridgehead atoms. The maximum atomic E-state index is 12.9. The Kier molecular flexibility index (Phi) is 4.67. The molecule has 0 spiro atoms. The fourth-order valence-electron chi connectivity index (χ4n) is 1.73. The van der Waals surface area contributed by atoms with Crippen molar-refractivity contribution in [2.45, 2.75) is 12.8 Å². The summed E-state index contributed by atoms with van der Waals surface area (Å²) >= 11 is 3.05. The Labute approximate surface area is 127 Å². The van der Waals surface area contributed by atoms with E-state index in [4.69, 9.17) is 4.74 Å². The van der Waals surface area contributed by atoms with E-state index in [2.05, 4.69) is 15.9 Å². The zero-order valence-electron chi connectivity index (χ0n) is 10.7. The van der Waals surface area contributed by atoms with Crippen molar-refractivity contribution in [1.82, 2.24) is 0 Å². The Hall–Kier alpha value is -1.82. The first kappa shape index (κ1) is 15.6. The number of benzene rings is 2. The summed E-state index contributed by atoms with van der Waals surface area (Å²) in [6.07, 6.45) is -4.61. The molecule has 0 atom stereocenters. The zero-order valence-corrected chi connectivity index (χ0v) is 12.2. The molecule has 0 aliphatic rings. The van der Waals surface area contributed by atoms with Gasteiger partial charge in [-0.05, 0) is 23.8 Å². The minimum Gasteiger partial charge on any atom is -0.457 e. The highest BCUT2D eigenvalue weighted by molar-refractivity contribution is 9.10. The van der Waals surface area contributed by atoms with Gasteiger partial charge in [0, 0.05) is 4.47 Å². The van der Waals surface area contributed by atoms with Gasteiger partial charge in [0.15, 0.2) is 0 Å². The third-order valence-electron chi connectivity index (χ3n) is 2.72. The Morgan fingerprint density at radius 3 is 2.38 bits per heavy atom. The lowest BCUT2D eigenvalue weighted by Gasteiger charge is -2.12. The number of halogens is 4. The molecular weight excluding hydrogens is 349 g/mol. The lowest BCUT2D eigenvalue weighted by atomic mass is 10.1. The van der Waals surface area contributed by atoms with Crippen molar-refractivity contribution in [1.29, 1.82) is 0 Å². The van der Waals surface area contributed by atoms with Gasteiger partial charge < -0.3 is 4.74 Å². The summed E-state index contributed by atoms with van der Waals surface area (Å²) < 4.78 is 44.0. The minimum absolute atomic E-state index is 0.0799. The molecule has 2 aromatic carbocycles. The number of ether oxygens (including phenoxy) is 1. The predicted molar refractivity (Wildman–Crippen MR) is 74.7 cm³/mol. The van der Waals surface area contributed by atoms with Gasteiger partial charge in [-0.15, -0.1) is 0 Å². The van der Waals surface area contributed by atoms with E-state index in [1.807, 2.05) is 0 Å². The lowest BCUT2D eigenvalue weighted by Crippen LogP contribution is -2.15. The lowest BCUT2D eigenvalue weighted by molar-refractivity contribution is -0.138. The van der Waals surface area contributed by atoms with E-state index in [0.717, 1.165) is 12.1 Å². The molecule has 2 aromatic rings. The molecule has 0 radical (unpaired) electrons. The number of carbonyl (C=O) groups excluding carboxylic acids is 1. The summed E-state index contributed by atoms with van der Waals surface area (Å²) in [6, 6.07) is 11.9. The topological polar surface area (TPSA) is 26.3 Å². The molecule has 21 heavy (non-hydrogen) atoms. The Balaban J connectivity index is 2.21. The average Bonchev–Trinajstić information content (AvgIpc) is 2.44. The third-order valence-corrected chi connectivity index (χ3v) is 3.21. The summed E-state index contributed by atoms with van der Waals surface area (Å²) in [6.45, 7) is -0.0799. The molecule has 2 rings (SSSR count). The maximum Gasteiger partial charge on any atom is 0.417 e. The molecule has 6 heteroatoms. The number of rotatable bonds is 3. The Morgan fingerprint density at radius 1 is 1.10 bits per heavy atom. The van der Waals surface area contributed by atoms with Gasteiger partial charge in [0.2, 0.25) is 0 Å². The Bertz CT molecular complexity index is 639. The van der Waals surface area contributed by atoms with E-state index >= 15 is 0 Å². The van der Waals surface area contributed by atoms with E-state index < -0.39 is 23.3 Å². The second-order valence-corrected chi connectivity index (χ2v) is 5.17. The molecule has 0 aromatic heterocycles. The van der Waals surface area contributed by atoms with Crippen LogP contribution in [-0.4, -0.2) is 5.97 Å². The number of esters is 1. The highest BCUT2D eigenvalue weighted by Gasteiger charge is 2.35. The van der Waals surface area contributed by atoms with E-state index in [1.165, 1.54) is 6.07 Å². The number of hydrogen-bond acceptors (Lipinski definition) is 2. The molecule has 2 nitrogen and oxygen atoms in total. The maximum absolute atomic E-state index is 12.9. The van der Waals surface area contributed by atoms with Crippen molar-refractivity contribution in [3.63, 3.8) is 0 Å². The van der Waals surface area contributed by atoms with Crippen molar-refractivity contribution in [2.75, 3.05) is 0 Å². The highest BCUT2D eigenvalue weighted by Crippen LogP contribution is 2.33. The predicted octanol–water partition coefficient (Wildman–Crippen LogP) is 4.82. The van der Waals surface area contributed by atoms with Crippen LogP contribution in [0.4, 0.5) is 13.2 Å². The molecular formula is C15H10BrF3O2. The third kappa shape index (κ3) is 4.07. The first-order valence-electron chi connectivity index (χ1n) is 5.96. The molecule has 0 aliphatic carbocycles. The monoisotopic (exact) mass is 358 g/mol. The van der Waals surface area contributed by atoms with Crippen LogP contribution in [0.15, 0.2) is 53.0 Å². The van der Waals surface area contributed by atoms with Crippen LogP contribution in [0.3, 0.4) is 0 Å². The van der Waals surface area contributed by atoms with Crippen molar-refractivity contribution >= 4 is 21.9 Å². The summed E-state index contributed by atoms with van der Waals surface area (Å²) in [5.74, 6) is -1.01. The van der Waals surface area contributed by atoms with Gasteiger partial charge in [-0.2, -0.15) is 13.2 Å². The van der Waals surface area contributed by atoms with Gasteiger partial charge in [-0.3, -0.25) is 0 Å². The minimum atomic E-state index is -4.61. The second kappa shape index (κ2) is 6.30. The van der Waals surface area contributed by atoms with Crippen molar-refractivity contribution < 1.29 is 22.7 Å². The highest BCUT2D eigenvalue weighted by atomic mass is 79.9. The summed E-state index contributed by atoms with van der Waals surface area (Å²) in [7, 11) is 0. The molecule has 0 fully saturated rings. The molecule has 0 heterocycles. The van der Waals surface area contributed by atoms with Crippen LogP contribution in [0, 0.1) is 0 Å². The normalized spacial score (nSPS) is 11.2. The standard InChI is InChI=1S/C15H10BrF3O2/c16-11-6-7-13(15(17,18)19)12(8-11)14(20)21-9-10-4-2-1-3-5-10/h1-8H,9H2. The SMILES string of the molecule is O=C(OCc1ccccc1)c1cc(Br)ccc1C(F)(F)F. The van der Waals surface area contributed by atoms with Crippen LogP contribution in [0.2, 0.25) is 0 Å². The first-order chi connectivity index (χ1) is 9.88. The van der Waals surface area contributed by atoms with Crippen LogP contribution < -0.4 is 0 Å². The van der Waals surface area contributed by atoms with Crippen LogP contribution in [0.1, 0.15) is 21.5 Å². The molecule has 0 N–H and O–H groups in total. The summed E-state index contributed by atoms with van der Waals surface area (Å²) in [4.78, 5) is 11.9. The summed E-state index contributed by atoms with van der Waals surface area (Å²) in [5.41, 5.74) is -0.814. The molecule has 0 aliphatic heterocycles. The van der Waals surface area contributed by atoms with Gasteiger partial charge in [-0.1, -0.05) is 46.3 Å². The number of alkyl halides is 3. The van der Waals surface area contributed by atoms with E-state index in [9.17, 15) is 18.0 Å². The van der Waals surface area contributed by atoms with Gasteiger partial charge >= 0.3 is 12.1 Å². The average molecular weight is 359 g/mol. The molecule has 110 valence electrons. The smallest absolute Gasteiger partial charge is 0.417 e. The second-order valence-electron chi connectivity index (χ2n) is 4.25. The fraction of sp³-hybridized carbons (Fsp3) is 0.133. The van der Waals surface area contributed by atoms with Gasteiger partial charge in [-0.25, -0.2) is 4.79 Å².